The quantitative estimate of drug-likeness (QED) is 0.825. The summed E-state index contributed by atoms with van der Waals surface area (Å²) < 4.78 is 5.32. The lowest BCUT2D eigenvalue weighted by Crippen LogP contribution is -2.47. The van der Waals surface area contributed by atoms with Gasteiger partial charge in [0.15, 0.2) is 0 Å². The molecule has 1 aromatic carbocycles. The van der Waals surface area contributed by atoms with Gasteiger partial charge in [0.2, 0.25) is 11.8 Å². The van der Waals surface area contributed by atoms with Crippen LogP contribution < -0.4 is 5.32 Å². The highest BCUT2D eigenvalue weighted by molar-refractivity contribution is 6.31. The number of carbonyl (C=O) groups excluding carboxylic acids is 2. The summed E-state index contributed by atoms with van der Waals surface area (Å²) in [5, 5.41) is 3.59. The van der Waals surface area contributed by atoms with Gasteiger partial charge in [-0.2, -0.15) is 0 Å². The van der Waals surface area contributed by atoms with Gasteiger partial charge in [-0.25, -0.2) is 0 Å². The first-order valence-electron chi connectivity index (χ1n) is 8.76. The Bertz CT molecular complexity index is 619. The third-order valence-corrected chi connectivity index (χ3v) is 5.13. The number of carbonyl (C=O) groups is 2. The molecule has 2 heterocycles. The molecule has 2 aliphatic rings. The number of ether oxygens (including phenoxy) is 1. The number of nitrogens with zero attached hydrogens (tertiary/aromatic N) is 2. The van der Waals surface area contributed by atoms with E-state index in [-0.39, 0.29) is 11.8 Å². The van der Waals surface area contributed by atoms with E-state index in [2.05, 4.69) is 10.2 Å². The van der Waals surface area contributed by atoms with Crippen LogP contribution in [0, 0.1) is 0 Å². The molecule has 2 aliphatic heterocycles. The van der Waals surface area contributed by atoms with Crippen LogP contribution in [0.2, 0.25) is 5.02 Å². The first kappa shape index (κ1) is 18.2. The van der Waals surface area contributed by atoms with Gasteiger partial charge in [-0.05, 0) is 18.1 Å². The molecule has 0 bridgehead atoms. The number of benzene rings is 1. The van der Waals surface area contributed by atoms with E-state index in [1.807, 2.05) is 18.2 Å². The van der Waals surface area contributed by atoms with E-state index < -0.39 is 6.04 Å². The molecule has 2 fully saturated rings. The third-order valence-electron chi connectivity index (χ3n) is 4.76. The fourth-order valence-electron chi connectivity index (χ4n) is 3.29. The summed E-state index contributed by atoms with van der Waals surface area (Å²) >= 11 is 6.19. The molecule has 1 N–H and O–H groups in total. The number of likely N-dealkylation sites (tertiary alicyclic amines) is 1. The Hall–Kier alpha value is -1.63. The lowest BCUT2D eigenvalue weighted by molar-refractivity contribution is -0.135. The SMILES string of the molecule is O=C(NCCN1CCOCC1)[C@H]1CCC(=O)N1Cc1ccccc1Cl. The molecule has 2 amide bonds. The van der Waals surface area contributed by atoms with E-state index in [1.165, 1.54) is 0 Å². The number of morpholine rings is 1. The van der Waals surface area contributed by atoms with Crippen molar-refractivity contribution in [1.29, 1.82) is 0 Å². The average Bonchev–Trinajstić information content (AvgIpc) is 2.98. The Balaban J connectivity index is 1.53. The van der Waals surface area contributed by atoms with Crippen LogP contribution in [0.15, 0.2) is 24.3 Å². The Morgan fingerprint density at radius 3 is 2.80 bits per heavy atom. The molecule has 1 atom stereocenters. The van der Waals surface area contributed by atoms with E-state index in [9.17, 15) is 9.59 Å². The Morgan fingerprint density at radius 2 is 2.04 bits per heavy atom. The average molecular weight is 366 g/mol. The summed E-state index contributed by atoms with van der Waals surface area (Å²) in [5.74, 6) is -0.0700. The van der Waals surface area contributed by atoms with Crippen LogP contribution in [-0.2, 0) is 20.9 Å². The molecular weight excluding hydrogens is 342 g/mol. The van der Waals surface area contributed by atoms with Gasteiger partial charge in [-0.1, -0.05) is 29.8 Å². The van der Waals surface area contributed by atoms with Crippen molar-refractivity contribution < 1.29 is 14.3 Å². The molecule has 0 unspecified atom stereocenters. The highest BCUT2D eigenvalue weighted by Gasteiger charge is 2.36. The normalized spacial score (nSPS) is 21.6. The summed E-state index contributed by atoms with van der Waals surface area (Å²) in [5.41, 5.74) is 0.866. The molecule has 0 spiro atoms. The third kappa shape index (κ3) is 4.71. The Morgan fingerprint density at radius 1 is 1.28 bits per heavy atom. The zero-order chi connectivity index (χ0) is 17.6. The predicted molar refractivity (Wildman–Crippen MR) is 95.3 cm³/mol. The number of nitrogens with one attached hydrogen (secondary N) is 1. The molecule has 0 saturated carbocycles. The van der Waals surface area contributed by atoms with Crippen molar-refractivity contribution in [1.82, 2.24) is 15.1 Å². The van der Waals surface area contributed by atoms with Crippen LogP contribution >= 0.6 is 11.6 Å². The molecule has 3 rings (SSSR count). The minimum Gasteiger partial charge on any atom is -0.379 e. The lowest BCUT2D eigenvalue weighted by atomic mass is 10.1. The van der Waals surface area contributed by atoms with Crippen molar-refractivity contribution in [3.05, 3.63) is 34.9 Å². The smallest absolute Gasteiger partial charge is 0.242 e. The molecule has 7 heteroatoms. The largest absolute Gasteiger partial charge is 0.379 e. The van der Waals surface area contributed by atoms with Gasteiger partial charge in [0.25, 0.3) is 0 Å². The van der Waals surface area contributed by atoms with Gasteiger partial charge in [0.1, 0.15) is 6.04 Å². The first-order valence-corrected chi connectivity index (χ1v) is 9.13. The highest BCUT2D eigenvalue weighted by atomic mass is 35.5. The van der Waals surface area contributed by atoms with Gasteiger partial charge < -0.3 is 15.0 Å². The van der Waals surface area contributed by atoms with Gasteiger partial charge in [0, 0.05) is 44.2 Å². The van der Waals surface area contributed by atoms with E-state index in [0.29, 0.717) is 31.0 Å². The molecule has 0 aliphatic carbocycles. The van der Waals surface area contributed by atoms with Crippen LogP contribution in [0.5, 0.6) is 0 Å². The van der Waals surface area contributed by atoms with Crippen molar-refractivity contribution in [2.45, 2.75) is 25.4 Å². The van der Waals surface area contributed by atoms with E-state index >= 15 is 0 Å². The number of amides is 2. The van der Waals surface area contributed by atoms with Crippen LogP contribution in [-0.4, -0.2) is 67.0 Å². The minimum absolute atomic E-state index is 0.00764. The summed E-state index contributed by atoms with van der Waals surface area (Å²) in [6.07, 6.45) is 0.971. The summed E-state index contributed by atoms with van der Waals surface area (Å²) in [7, 11) is 0. The van der Waals surface area contributed by atoms with Crippen molar-refractivity contribution in [2.75, 3.05) is 39.4 Å². The molecule has 25 heavy (non-hydrogen) atoms. The monoisotopic (exact) mass is 365 g/mol. The van der Waals surface area contributed by atoms with Gasteiger partial charge in [-0.3, -0.25) is 14.5 Å². The van der Waals surface area contributed by atoms with Crippen molar-refractivity contribution >= 4 is 23.4 Å². The van der Waals surface area contributed by atoms with Crippen LogP contribution in [0.25, 0.3) is 0 Å². The maximum Gasteiger partial charge on any atom is 0.242 e. The second-order valence-corrected chi connectivity index (χ2v) is 6.82. The van der Waals surface area contributed by atoms with Crippen LogP contribution in [0.4, 0.5) is 0 Å². The molecule has 0 radical (unpaired) electrons. The van der Waals surface area contributed by atoms with E-state index in [0.717, 1.165) is 38.4 Å². The molecular formula is C18H24ClN3O3. The molecule has 136 valence electrons. The van der Waals surface area contributed by atoms with Crippen molar-refractivity contribution in [3.8, 4) is 0 Å². The summed E-state index contributed by atoms with van der Waals surface area (Å²) in [6, 6.07) is 7.02. The first-order chi connectivity index (χ1) is 12.1. The lowest BCUT2D eigenvalue weighted by Gasteiger charge is -2.28. The maximum absolute atomic E-state index is 12.5. The van der Waals surface area contributed by atoms with Crippen LogP contribution in [0.3, 0.4) is 0 Å². The molecule has 0 aromatic heterocycles. The number of hydrogen-bond donors (Lipinski definition) is 1. The minimum atomic E-state index is -0.409. The fourth-order valence-corrected chi connectivity index (χ4v) is 3.49. The zero-order valence-electron chi connectivity index (χ0n) is 14.2. The number of hydrogen-bond acceptors (Lipinski definition) is 4. The number of rotatable bonds is 6. The Kier molecular flexibility index (Phi) is 6.29. The molecule has 1 aromatic rings. The highest BCUT2D eigenvalue weighted by Crippen LogP contribution is 2.24. The van der Waals surface area contributed by atoms with Crippen LogP contribution in [0.1, 0.15) is 18.4 Å². The maximum atomic E-state index is 12.5. The van der Waals surface area contributed by atoms with Gasteiger partial charge >= 0.3 is 0 Å². The second-order valence-electron chi connectivity index (χ2n) is 6.41. The van der Waals surface area contributed by atoms with Crippen molar-refractivity contribution in [3.63, 3.8) is 0 Å². The standard InChI is InChI=1S/C18H24ClN3O3/c19-15-4-2-1-3-14(15)13-22-16(5-6-17(22)23)18(24)20-7-8-21-9-11-25-12-10-21/h1-4,16H,5-13H2,(H,20,24)/t16-/m1/s1. The van der Waals surface area contributed by atoms with E-state index in [1.54, 1.807) is 11.0 Å². The molecule has 6 nitrogen and oxygen atoms in total. The Labute approximate surface area is 153 Å². The fraction of sp³-hybridized carbons (Fsp3) is 0.556. The van der Waals surface area contributed by atoms with Crippen molar-refractivity contribution in [2.24, 2.45) is 0 Å². The molecule has 2 saturated heterocycles. The van der Waals surface area contributed by atoms with E-state index in [4.69, 9.17) is 16.3 Å². The summed E-state index contributed by atoms with van der Waals surface area (Å²) in [6.45, 7) is 5.06. The second kappa shape index (κ2) is 8.65. The van der Waals surface area contributed by atoms with Gasteiger partial charge in [0.05, 0.1) is 13.2 Å². The topological polar surface area (TPSA) is 61.9 Å². The van der Waals surface area contributed by atoms with Gasteiger partial charge in [-0.15, -0.1) is 0 Å². The summed E-state index contributed by atoms with van der Waals surface area (Å²) in [4.78, 5) is 28.7. The predicted octanol–water partition coefficient (Wildman–Crippen LogP) is 1.28. The zero-order valence-corrected chi connectivity index (χ0v) is 15.0. The number of halogens is 1.